The lowest BCUT2D eigenvalue weighted by atomic mass is 10.1. The van der Waals surface area contributed by atoms with Crippen molar-refractivity contribution in [2.45, 2.75) is 12.6 Å². The van der Waals surface area contributed by atoms with Crippen LogP contribution in [-0.2, 0) is 12.6 Å². The molecule has 4 rings (SSSR count). The van der Waals surface area contributed by atoms with Gasteiger partial charge in [-0.3, -0.25) is 9.89 Å². The summed E-state index contributed by atoms with van der Waals surface area (Å²) in [6.45, 7) is 0.410. The molecule has 4 aromatic rings. The summed E-state index contributed by atoms with van der Waals surface area (Å²) >= 11 is 0. The molecule has 3 aromatic carbocycles. The first-order valence-corrected chi connectivity index (χ1v) is 10.2. The maximum Gasteiger partial charge on any atom is 0.416 e. The van der Waals surface area contributed by atoms with Crippen molar-refractivity contribution >= 4 is 5.91 Å². The molecule has 0 fully saturated rings. The molecule has 0 spiro atoms. The van der Waals surface area contributed by atoms with Gasteiger partial charge < -0.3 is 5.32 Å². The number of carbonyl (C=O) groups is 1. The Morgan fingerprint density at radius 3 is 2.33 bits per heavy atom. The Bertz CT molecular complexity index is 1250. The molecule has 0 aliphatic carbocycles. The third-order valence-corrected chi connectivity index (χ3v) is 5.13. The first-order chi connectivity index (χ1) is 15.8. The fraction of sp³-hybridized carbons (Fsp3) is 0.120. The molecule has 0 unspecified atom stereocenters. The number of amides is 1. The number of halogens is 4. The third-order valence-electron chi connectivity index (χ3n) is 5.13. The van der Waals surface area contributed by atoms with Crippen molar-refractivity contribution in [2.24, 2.45) is 0 Å². The zero-order valence-corrected chi connectivity index (χ0v) is 17.3. The van der Waals surface area contributed by atoms with Gasteiger partial charge in [0.15, 0.2) is 0 Å². The van der Waals surface area contributed by atoms with Gasteiger partial charge in [-0.25, -0.2) is 4.39 Å². The highest BCUT2D eigenvalue weighted by atomic mass is 19.4. The van der Waals surface area contributed by atoms with Crippen LogP contribution in [0.1, 0.15) is 21.5 Å². The number of nitrogens with one attached hydrogen (secondary N) is 2. The summed E-state index contributed by atoms with van der Waals surface area (Å²) in [5.74, 6) is -0.542. The summed E-state index contributed by atoms with van der Waals surface area (Å²) in [6.07, 6.45) is -3.85. The minimum absolute atomic E-state index is 0.238. The van der Waals surface area contributed by atoms with Crippen molar-refractivity contribution in [1.82, 2.24) is 15.5 Å². The van der Waals surface area contributed by atoms with Crippen LogP contribution in [0, 0.1) is 5.82 Å². The van der Waals surface area contributed by atoms with E-state index in [4.69, 9.17) is 0 Å². The lowest BCUT2D eigenvalue weighted by Crippen LogP contribution is -2.25. The molecule has 8 heteroatoms. The van der Waals surface area contributed by atoms with Crippen LogP contribution in [0.3, 0.4) is 0 Å². The monoisotopic (exact) mass is 453 g/mol. The number of hydrogen-bond donors (Lipinski definition) is 2. The molecule has 0 bridgehead atoms. The molecule has 168 valence electrons. The second-order valence-electron chi connectivity index (χ2n) is 7.46. The van der Waals surface area contributed by atoms with Crippen LogP contribution in [0.2, 0.25) is 0 Å². The highest BCUT2D eigenvalue weighted by Gasteiger charge is 2.30. The SMILES string of the molecule is O=C(NCCc1ccc(F)cc1)c1ccc(-c2cc(-c3cccc(C(F)(F)F)c3)n[nH]2)cc1. The molecule has 1 heterocycles. The van der Waals surface area contributed by atoms with Gasteiger partial charge in [-0.15, -0.1) is 0 Å². The minimum Gasteiger partial charge on any atom is -0.352 e. The smallest absolute Gasteiger partial charge is 0.352 e. The van der Waals surface area contributed by atoms with Crippen LogP contribution < -0.4 is 5.32 Å². The molecule has 2 N–H and O–H groups in total. The predicted octanol–water partition coefficient (Wildman–Crippen LogP) is 5.87. The first-order valence-electron chi connectivity index (χ1n) is 10.2. The predicted molar refractivity (Wildman–Crippen MR) is 117 cm³/mol. The molecule has 33 heavy (non-hydrogen) atoms. The number of carbonyl (C=O) groups excluding carboxylic acids is 1. The summed E-state index contributed by atoms with van der Waals surface area (Å²) in [4.78, 5) is 12.4. The molecule has 0 atom stereocenters. The summed E-state index contributed by atoms with van der Waals surface area (Å²) in [5.41, 5.74) is 2.75. The fourth-order valence-electron chi connectivity index (χ4n) is 3.35. The average molecular weight is 453 g/mol. The van der Waals surface area contributed by atoms with Crippen LogP contribution in [0.15, 0.2) is 78.9 Å². The summed E-state index contributed by atoms with van der Waals surface area (Å²) in [7, 11) is 0. The fourth-order valence-corrected chi connectivity index (χ4v) is 3.35. The molecule has 0 saturated heterocycles. The van der Waals surface area contributed by atoms with Crippen molar-refractivity contribution in [3.63, 3.8) is 0 Å². The Morgan fingerprint density at radius 1 is 0.909 bits per heavy atom. The maximum absolute atomic E-state index is 13.0. The molecule has 0 aliphatic rings. The number of alkyl halides is 3. The minimum atomic E-state index is -4.43. The lowest BCUT2D eigenvalue weighted by molar-refractivity contribution is -0.137. The molecule has 1 amide bonds. The van der Waals surface area contributed by atoms with Crippen molar-refractivity contribution in [3.8, 4) is 22.5 Å². The van der Waals surface area contributed by atoms with Crippen LogP contribution in [-0.4, -0.2) is 22.6 Å². The van der Waals surface area contributed by atoms with Gasteiger partial charge in [0.25, 0.3) is 5.91 Å². The number of aromatic amines is 1. The van der Waals surface area contributed by atoms with E-state index in [-0.39, 0.29) is 11.7 Å². The molecular weight excluding hydrogens is 434 g/mol. The van der Waals surface area contributed by atoms with Gasteiger partial charge in [-0.2, -0.15) is 18.3 Å². The van der Waals surface area contributed by atoms with Crippen LogP contribution in [0.25, 0.3) is 22.5 Å². The Balaban J connectivity index is 1.40. The largest absolute Gasteiger partial charge is 0.416 e. The standard InChI is InChI=1S/C25H19F4N3O/c26-21-10-4-16(5-11-21)12-13-30-24(33)18-8-6-17(7-9-18)22-15-23(32-31-22)19-2-1-3-20(14-19)25(27,28)29/h1-11,14-15H,12-13H2,(H,30,33)(H,31,32). The van der Waals surface area contributed by atoms with Gasteiger partial charge in [0, 0.05) is 17.7 Å². The summed E-state index contributed by atoms with van der Waals surface area (Å²) in [6, 6.07) is 19.5. The van der Waals surface area contributed by atoms with Gasteiger partial charge in [0.1, 0.15) is 5.82 Å². The Kier molecular flexibility index (Phi) is 6.26. The average Bonchev–Trinajstić information content (AvgIpc) is 3.30. The van der Waals surface area contributed by atoms with E-state index in [0.717, 1.165) is 23.3 Å². The van der Waals surface area contributed by atoms with Crippen molar-refractivity contribution < 1.29 is 22.4 Å². The molecule has 1 aromatic heterocycles. The summed E-state index contributed by atoms with van der Waals surface area (Å²) in [5, 5.41) is 9.77. The van der Waals surface area contributed by atoms with Gasteiger partial charge in [-0.05, 0) is 60.0 Å². The van der Waals surface area contributed by atoms with E-state index in [1.54, 1.807) is 48.5 Å². The molecule has 0 aliphatic heterocycles. The van der Waals surface area contributed by atoms with Gasteiger partial charge in [0.05, 0.1) is 17.0 Å². The van der Waals surface area contributed by atoms with E-state index in [1.807, 2.05) is 0 Å². The van der Waals surface area contributed by atoms with Gasteiger partial charge in [0.2, 0.25) is 0 Å². The maximum atomic E-state index is 13.0. The number of H-pyrrole nitrogens is 1. The highest BCUT2D eigenvalue weighted by molar-refractivity contribution is 5.94. The third kappa shape index (κ3) is 5.46. The Hall–Kier alpha value is -3.94. The Morgan fingerprint density at radius 2 is 1.64 bits per heavy atom. The molecule has 0 saturated carbocycles. The number of aromatic nitrogens is 2. The van der Waals surface area contributed by atoms with Crippen LogP contribution in [0.4, 0.5) is 17.6 Å². The second kappa shape index (κ2) is 9.28. The normalized spacial score (nSPS) is 11.4. The van der Waals surface area contributed by atoms with Crippen molar-refractivity contribution in [1.29, 1.82) is 0 Å². The van der Waals surface area contributed by atoms with E-state index in [2.05, 4.69) is 15.5 Å². The quantitative estimate of drug-likeness (QED) is 0.359. The zero-order valence-electron chi connectivity index (χ0n) is 17.3. The van der Waals surface area contributed by atoms with E-state index in [9.17, 15) is 22.4 Å². The topological polar surface area (TPSA) is 57.8 Å². The van der Waals surface area contributed by atoms with Crippen LogP contribution in [0.5, 0.6) is 0 Å². The molecular formula is C25H19F4N3O. The Labute approximate surface area is 187 Å². The van der Waals surface area contributed by atoms with E-state index >= 15 is 0 Å². The zero-order chi connectivity index (χ0) is 23.4. The second-order valence-corrected chi connectivity index (χ2v) is 7.46. The number of hydrogen-bond acceptors (Lipinski definition) is 2. The molecule has 0 radical (unpaired) electrons. The van der Waals surface area contributed by atoms with Crippen LogP contribution >= 0.6 is 0 Å². The lowest BCUT2D eigenvalue weighted by Gasteiger charge is -2.07. The summed E-state index contributed by atoms with van der Waals surface area (Å²) < 4.78 is 51.8. The van der Waals surface area contributed by atoms with Crippen molar-refractivity contribution in [3.05, 3.63) is 101 Å². The first kappa shape index (κ1) is 22.3. The number of rotatable bonds is 6. The van der Waals surface area contributed by atoms with Gasteiger partial charge >= 0.3 is 6.18 Å². The van der Waals surface area contributed by atoms with E-state index < -0.39 is 11.7 Å². The van der Waals surface area contributed by atoms with Crippen molar-refractivity contribution in [2.75, 3.05) is 6.54 Å². The number of benzene rings is 3. The van der Waals surface area contributed by atoms with E-state index in [1.165, 1.54) is 18.2 Å². The number of nitrogens with zero attached hydrogens (tertiary/aromatic N) is 1. The van der Waals surface area contributed by atoms with E-state index in [0.29, 0.717) is 35.5 Å². The molecule has 4 nitrogen and oxygen atoms in total. The highest BCUT2D eigenvalue weighted by Crippen LogP contribution is 2.32. The van der Waals surface area contributed by atoms with Gasteiger partial charge in [-0.1, -0.05) is 36.4 Å².